The van der Waals surface area contributed by atoms with Crippen LogP contribution in [0.25, 0.3) is 0 Å². The molecule has 1 atom stereocenters. The van der Waals surface area contributed by atoms with Crippen LogP contribution in [0.15, 0.2) is 24.5 Å². The van der Waals surface area contributed by atoms with Gasteiger partial charge in [-0.3, -0.25) is 9.88 Å². The van der Waals surface area contributed by atoms with E-state index < -0.39 is 0 Å². The highest BCUT2D eigenvalue weighted by Gasteiger charge is 2.12. The Balaban J connectivity index is 2.46. The molecule has 4 heteroatoms. The molecule has 1 heterocycles. The van der Waals surface area contributed by atoms with E-state index >= 15 is 0 Å². The quantitative estimate of drug-likeness (QED) is 0.784. The number of nitrogens with zero attached hydrogens (tertiary/aromatic N) is 2. The Morgan fingerprint density at radius 1 is 1.44 bits per heavy atom. The van der Waals surface area contributed by atoms with Crippen LogP contribution in [0.2, 0.25) is 0 Å². The first-order valence-electron chi connectivity index (χ1n) is 5.56. The lowest BCUT2D eigenvalue weighted by atomic mass is 10.1. The molecular formula is C12H21N3S. The third-order valence-electron chi connectivity index (χ3n) is 2.73. The van der Waals surface area contributed by atoms with Crippen LogP contribution in [0.5, 0.6) is 0 Å². The topological polar surface area (TPSA) is 42.1 Å². The monoisotopic (exact) mass is 239 g/mol. The van der Waals surface area contributed by atoms with Crippen molar-refractivity contribution in [2.75, 3.05) is 25.6 Å². The second-order valence-electron chi connectivity index (χ2n) is 3.94. The third kappa shape index (κ3) is 4.51. The van der Waals surface area contributed by atoms with E-state index in [1.807, 2.05) is 24.2 Å². The summed E-state index contributed by atoms with van der Waals surface area (Å²) >= 11 is 1.88. The van der Waals surface area contributed by atoms with Gasteiger partial charge >= 0.3 is 0 Å². The van der Waals surface area contributed by atoms with Gasteiger partial charge in [-0.15, -0.1) is 0 Å². The van der Waals surface area contributed by atoms with Gasteiger partial charge < -0.3 is 5.73 Å². The molecule has 0 aliphatic carbocycles. The van der Waals surface area contributed by atoms with E-state index in [1.165, 1.54) is 11.3 Å². The highest BCUT2D eigenvalue weighted by atomic mass is 32.2. The van der Waals surface area contributed by atoms with Gasteiger partial charge in [0.25, 0.3) is 0 Å². The van der Waals surface area contributed by atoms with Gasteiger partial charge in [0, 0.05) is 31.5 Å². The Bertz CT molecular complexity index is 279. The van der Waals surface area contributed by atoms with Gasteiger partial charge in [0.1, 0.15) is 0 Å². The summed E-state index contributed by atoms with van der Waals surface area (Å²) in [5, 5.41) is 0. The van der Waals surface area contributed by atoms with Crippen LogP contribution in [0.3, 0.4) is 0 Å². The number of rotatable bonds is 7. The van der Waals surface area contributed by atoms with Crippen molar-refractivity contribution < 1.29 is 0 Å². The summed E-state index contributed by atoms with van der Waals surface area (Å²) in [7, 11) is 2.14. The molecule has 90 valence electrons. The second-order valence-corrected chi connectivity index (χ2v) is 4.93. The van der Waals surface area contributed by atoms with Gasteiger partial charge in [-0.1, -0.05) is 0 Å². The standard InChI is InChI=1S/C12H21N3S/c1-15(12(9-13)5-8-16-2)10-11-3-6-14-7-4-11/h3-4,6-7,12H,5,8-10,13H2,1-2H3. The van der Waals surface area contributed by atoms with E-state index in [9.17, 15) is 0 Å². The Hall–Kier alpha value is -0.580. The number of thioether (sulfide) groups is 1. The molecule has 0 saturated heterocycles. The maximum atomic E-state index is 5.80. The van der Waals surface area contributed by atoms with Crippen molar-refractivity contribution in [3.8, 4) is 0 Å². The van der Waals surface area contributed by atoms with Crippen molar-refractivity contribution >= 4 is 11.8 Å². The van der Waals surface area contributed by atoms with E-state index in [4.69, 9.17) is 5.73 Å². The van der Waals surface area contributed by atoms with Crippen molar-refractivity contribution in [1.82, 2.24) is 9.88 Å². The average Bonchev–Trinajstić information content (AvgIpc) is 2.31. The number of nitrogens with two attached hydrogens (primary N) is 1. The van der Waals surface area contributed by atoms with E-state index in [-0.39, 0.29) is 0 Å². The fourth-order valence-electron chi connectivity index (χ4n) is 1.68. The Labute approximate surface area is 102 Å². The minimum atomic E-state index is 0.473. The van der Waals surface area contributed by atoms with Gasteiger partial charge in [-0.25, -0.2) is 0 Å². The molecule has 0 saturated carbocycles. The van der Waals surface area contributed by atoms with E-state index in [0.717, 1.165) is 19.5 Å². The smallest absolute Gasteiger partial charge is 0.0271 e. The predicted molar refractivity (Wildman–Crippen MR) is 71.5 cm³/mol. The molecule has 1 unspecified atom stereocenters. The van der Waals surface area contributed by atoms with Gasteiger partial charge in [0.2, 0.25) is 0 Å². The molecule has 2 N–H and O–H groups in total. The van der Waals surface area contributed by atoms with E-state index in [0.29, 0.717) is 6.04 Å². The lowest BCUT2D eigenvalue weighted by molar-refractivity contribution is 0.234. The third-order valence-corrected chi connectivity index (χ3v) is 3.38. The largest absolute Gasteiger partial charge is 0.329 e. The fraction of sp³-hybridized carbons (Fsp3) is 0.583. The molecule has 3 nitrogen and oxygen atoms in total. The summed E-state index contributed by atoms with van der Waals surface area (Å²) in [5.74, 6) is 1.17. The summed E-state index contributed by atoms with van der Waals surface area (Å²) in [6, 6.07) is 4.58. The predicted octanol–water partition coefficient (Wildman–Crippen LogP) is 1.59. The van der Waals surface area contributed by atoms with Crippen molar-refractivity contribution in [3.63, 3.8) is 0 Å². The molecule has 1 rings (SSSR count). The number of likely N-dealkylation sites (N-methyl/N-ethyl adjacent to an activating group) is 1. The van der Waals surface area contributed by atoms with Crippen LogP contribution < -0.4 is 5.73 Å². The molecule has 0 spiro atoms. The fourth-order valence-corrected chi connectivity index (χ4v) is 2.19. The summed E-state index contributed by atoms with van der Waals surface area (Å²) in [5.41, 5.74) is 7.10. The molecule has 0 amide bonds. The lowest BCUT2D eigenvalue weighted by Crippen LogP contribution is -2.37. The molecule has 0 aliphatic heterocycles. The molecule has 0 aromatic carbocycles. The number of aromatic nitrogens is 1. The zero-order chi connectivity index (χ0) is 11.8. The Kier molecular flexibility index (Phi) is 6.45. The lowest BCUT2D eigenvalue weighted by Gasteiger charge is -2.26. The van der Waals surface area contributed by atoms with Gasteiger partial charge in [-0.05, 0) is 43.2 Å². The minimum absolute atomic E-state index is 0.473. The first-order valence-corrected chi connectivity index (χ1v) is 6.95. The Morgan fingerprint density at radius 2 is 2.12 bits per heavy atom. The molecule has 0 fully saturated rings. The Morgan fingerprint density at radius 3 is 2.69 bits per heavy atom. The maximum absolute atomic E-state index is 5.80. The van der Waals surface area contributed by atoms with E-state index in [1.54, 1.807) is 0 Å². The maximum Gasteiger partial charge on any atom is 0.0271 e. The summed E-state index contributed by atoms with van der Waals surface area (Å²) in [6.45, 7) is 1.67. The first kappa shape index (κ1) is 13.5. The highest BCUT2D eigenvalue weighted by Crippen LogP contribution is 2.09. The first-order chi connectivity index (χ1) is 7.77. The normalized spacial score (nSPS) is 13.0. The average molecular weight is 239 g/mol. The van der Waals surface area contributed by atoms with Crippen molar-refractivity contribution in [2.24, 2.45) is 5.73 Å². The van der Waals surface area contributed by atoms with Crippen molar-refractivity contribution in [2.45, 2.75) is 19.0 Å². The number of hydrogen-bond acceptors (Lipinski definition) is 4. The van der Waals surface area contributed by atoms with Crippen LogP contribution in [0.1, 0.15) is 12.0 Å². The molecule has 1 aromatic rings. The van der Waals surface area contributed by atoms with Crippen molar-refractivity contribution in [3.05, 3.63) is 30.1 Å². The number of hydrogen-bond donors (Lipinski definition) is 1. The molecular weight excluding hydrogens is 218 g/mol. The van der Waals surface area contributed by atoms with Gasteiger partial charge in [0.15, 0.2) is 0 Å². The highest BCUT2D eigenvalue weighted by molar-refractivity contribution is 7.98. The van der Waals surface area contributed by atoms with Crippen LogP contribution in [0.4, 0.5) is 0 Å². The van der Waals surface area contributed by atoms with Gasteiger partial charge in [0.05, 0.1) is 0 Å². The summed E-state index contributed by atoms with van der Waals surface area (Å²) in [6.07, 6.45) is 6.96. The van der Waals surface area contributed by atoms with Crippen LogP contribution >= 0.6 is 11.8 Å². The minimum Gasteiger partial charge on any atom is -0.329 e. The molecule has 16 heavy (non-hydrogen) atoms. The second kappa shape index (κ2) is 7.65. The molecule has 0 bridgehead atoms. The van der Waals surface area contributed by atoms with Crippen LogP contribution in [-0.4, -0.2) is 41.5 Å². The van der Waals surface area contributed by atoms with Gasteiger partial charge in [-0.2, -0.15) is 11.8 Å². The molecule has 0 radical (unpaired) electrons. The molecule has 1 aromatic heterocycles. The van der Waals surface area contributed by atoms with E-state index in [2.05, 4.69) is 35.3 Å². The molecule has 0 aliphatic rings. The van der Waals surface area contributed by atoms with Crippen LogP contribution in [-0.2, 0) is 6.54 Å². The van der Waals surface area contributed by atoms with Crippen molar-refractivity contribution in [1.29, 1.82) is 0 Å². The summed E-state index contributed by atoms with van der Waals surface area (Å²) in [4.78, 5) is 6.35. The zero-order valence-corrected chi connectivity index (χ0v) is 10.9. The number of pyridine rings is 1. The van der Waals surface area contributed by atoms with Crippen LogP contribution in [0, 0.1) is 0 Å². The zero-order valence-electron chi connectivity index (χ0n) is 10.1. The summed E-state index contributed by atoms with van der Waals surface area (Å²) < 4.78 is 0. The SMILES string of the molecule is CSCCC(CN)N(C)Cc1ccncc1.